The van der Waals surface area contributed by atoms with Crippen LogP contribution in [-0.2, 0) is 16.6 Å². The van der Waals surface area contributed by atoms with Crippen LogP contribution in [-0.4, -0.2) is 29.9 Å². The fraction of sp³-hybridized carbons (Fsp3) is 0.158. The first-order valence-electron chi connectivity index (χ1n) is 8.49. The molecule has 9 heteroatoms. The Morgan fingerprint density at radius 1 is 1.18 bits per heavy atom. The summed E-state index contributed by atoms with van der Waals surface area (Å²) in [7, 11) is -3.97. The van der Waals surface area contributed by atoms with E-state index >= 15 is 0 Å². The lowest BCUT2D eigenvalue weighted by atomic mass is 10.2. The number of halogens is 1. The van der Waals surface area contributed by atoms with E-state index in [1.54, 1.807) is 18.7 Å². The van der Waals surface area contributed by atoms with Crippen molar-refractivity contribution in [3.63, 3.8) is 0 Å². The molecule has 0 aliphatic rings. The van der Waals surface area contributed by atoms with Crippen LogP contribution in [0.25, 0.3) is 0 Å². The second kappa shape index (κ2) is 8.22. The topological polar surface area (TPSA) is 93.1 Å². The van der Waals surface area contributed by atoms with Gasteiger partial charge in [0.05, 0.1) is 16.9 Å². The Labute approximate surface area is 162 Å². The van der Waals surface area contributed by atoms with Crippen molar-refractivity contribution in [3.8, 4) is 0 Å². The summed E-state index contributed by atoms with van der Waals surface area (Å²) in [6, 6.07) is 10.8. The number of carbonyl (C=O) groups excluding carboxylic acids is 1. The number of aromatic nitrogens is 2. The van der Waals surface area contributed by atoms with Gasteiger partial charge in [0.15, 0.2) is 0 Å². The highest BCUT2D eigenvalue weighted by Gasteiger charge is 2.17. The average Bonchev–Trinajstić information content (AvgIpc) is 3.16. The van der Waals surface area contributed by atoms with Crippen molar-refractivity contribution in [1.29, 1.82) is 0 Å². The Bertz CT molecular complexity index is 1050. The molecule has 1 unspecified atom stereocenters. The number of amides is 1. The van der Waals surface area contributed by atoms with E-state index in [0.29, 0.717) is 12.1 Å². The molecular formula is C19H19FN4O3S. The number of nitrogens with zero attached hydrogens (tertiary/aromatic N) is 2. The molecular weight excluding hydrogens is 383 g/mol. The zero-order chi connectivity index (χ0) is 20.1. The Hall–Kier alpha value is -3.20. The largest absolute Gasteiger partial charge is 0.348 e. The highest BCUT2D eigenvalue weighted by atomic mass is 32.2. The molecule has 1 heterocycles. The van der Waals surface area contributed by atoms with Gasteiger partial charge >= 0.3 is 0 Å². The van der Waals surface area contributed by atoms with Gasteiger partial charge < -0.3 is 9.88 Å². The van der Waals surface area contributed by atoms with Crippen LogP contribution in [0.3, 0.4) is 0 Å². The molecule has 2 aromatic carbocycles. The van der Waals surface area contributed by atoms with Crippen LogP contribution in [0.2, 0.25) is 0 Å². The fourth-order valence-corrected chi connectivity index (χ4v) is 3.66. The van der Waals surface area contributed by atoms with Gasteiger partial charge in [-0.3, -0.25) is 9.52 Å². The lowest BCUT2D eigenvalue weighted by molar-refractivity contribution is 0.0936. The third kappa shape index (κ3) is 4.74. The summed E-state index contributed by atoms with van der Waals surface area (Å²) < 4.78 is 42.5. The summed E-state index contributed by atoms with van der Waals surface area (Å²) in [6.07, 6.45) is 5.11. The second-order valence-electron chi connectivity index (χ2n) is 6.24. The van der Waals surface area contributed by atoms with Crippen LogP contribution < -0.4 is 10.0 Å². The zero-order valence-electron chi connectivity index (χ0n) is 15.0. The van der Waals surface area contributed by atoms with Crippen molar-refractivity contribution >= 4 is 21.6 Å². The van der Waals surface area contributed by atoms with Crippen LogP contribution in [0.15, 0.2) is 72.1 Å². The lowest BCUT2D eigenvalue weighted by Crippen LogP contribution is -2.35. The van der Waals surface area contributed by atoms with Crippen molar-refractivity contribution in [2.75, 3.05) is 4.72 Å². The molecule has 7 nitrogen and oxygen atoms in total. The van der Waals surface area contributed by atoms with Gasteiger partial charge in [-0.2, -0.15) is 0 Å². The van der Waals surface area contributed by atoms with Gasteiger partial charge in [0.25, 0.3) is 15.9 Å². The molecule has 2 N–H and O–H groups in total. The first kappa shape index (κ1) is 19.6. The Morgan fingerprint density at radius 2 is 1.89 bits per heavy atom. The van der Waals surface area contributed by atoms with E-state index in [9.17, 15) is 17.6 Å². The Balaban J connectivity index is 1.66. The predicted octanol–water partition coefficient (Wildman–Crippen LogP) is 2.64. The first-order valence-corrected chi connectivity index (χ1v) is 9.97. The molecule has 0 aliphatic carbocycles. The second-order valence-corrected chi connectivity index (χ2v) is 7.93. The standard InChI is InChI=1S/C19H19FN4O3S/c1-14(12-24-11-10-21-13-24)22-19(25)15-6-8-16(9-7-15)28(26,27)23-18-5-3-2-4-17(18)20/h2-11,13-14,23H,12H2,1H3,(H,22,25). The third-order valence-corrected chi connectivity index (χ3v) is 5.35. The van der Waals surface area contributed by atoms with Crippen molar-refractivity contribution < 1.29 is 17.6 Å². The Morgan fingerprint density at radius 3 is 2.54 bits per heavy atom. The SMILES string of the molecule is CC(Cn1ccnc1)NC(=O)c1ccc(S(=O)(=O)Nc2ccccc2F)cc1. The summed E-state index contributed by atoms with van der Waals surface area (Å²) in [5.41, 5.74) is 0.181. The minimum Gasteiger partial charge on any atom is -0.348 e. The molecule has 3 rings (SSSR count). The minimum atomic E-state index is -3.97. The molecule has 0 fully saturated rings. The van der Waals surface area contributed by atoms with E-state index in [1.165, 1.54) is 42.5 Å². The minimum absolute atomic E-state index is 0.0706. The van der Waals surface area contributed by atoms with Gasteiger partial charge in [-0.05, 0) is 43.3 Å². The van der Waals surface area contributed by atoms with Crippen LogP contribution in [0.1, 0.15) is 17.3 Å². The maximum atomic E-state index is 13.7. The average molecular weight is 402 g/mol. The van der Waals surface area contributed by atoms with Crippen molar-refractivity contribution in [3.05, 3.63) is 78.6 Å². The van der Waals surface area contributed by atoms with Crippen LogP contribution in [0, 0.1) is 5.82 Å². The van der Waals surface area contributed by atoms with Crippen molar-refractivity contribution in [1.82, 2.24) is 14.9 Å². The molecule has 146 valence electrons. The third-order valence-electron chi connectivity index (χ3n) is 3.97. The van der Waals surface area contributed by atoms with E-state index < -0.39 is 15.8 Å². The Kier molecular flexibility index (Phi) is 5.74. The fourth-order valence-electron chi connectivity index (χ4n) is 2.60. The zero-order valence-corrected chi connectivity index (χ0v) is 15.9. The van der Waals surface area contributed by atoms with Crippen LogP contribution >= 0.6 is 0 Å². The summed E-state index contributed by atoms with van der Waals surface area (Å²) >= 11 is 0. The highest BCUT2D eigenvalue weighted by Crippen LogP contribution is 2.19. The number of para-hydroxylation sites is 1. The number of hydrogen-bond donors (Lipinski definition) is 2. The van der Waals surface area contributed by atoms with Gasteiger partial charge in [-0.25, -0.2) is 17.8 Å². The van der Waals surface area contributed by atoms with E-state index in [0.717, 1.165) is 6.07 Å². The van der Waals surface area contributed by atoms with Crippen LogP contribution in [0.5, 0.6) is 0 Å². The van der Waals surface area contributed by atoms with E-state index in [-0.39, 0.29) is 22.5 Å². The molecule has 0 bridgehead atoms. The highest BCUT2D eigenvalue weighted by molar-refractivity contribution is 7.92. The number of carbonyl (C=O) groups is 1. The molecule has 0 spiro atoms. The molecule has 1 aromatic heterocycles. The monoisotopic (exact) mass is 402 g/mol. The smallest absolute Gasteiger partial charge is 0.261 e. The van der Waals surface area contributed by atoms with Crippen molar-refractivity contribution in [2.45, 2.75) is 24.4 Å². The van der Waals surface area contributed by atoms with Gasteiger partial charge in [-0.1, -0.05) is 12.1 Å². The summed E-state index contributed by atoms with van der Waals surface area (Å²) in [5.74, 6) is -0.993. The molecule has 0 saturated carbocycles. The number of anilines is 1. The summed E-state index contributed by atoms with van der Waals surface area (Å²) in [6.45, 7) is 2.42. The molecule has 28 heavy (non-hydrogen) atoms. The molecule has 0 aliphatic heterocycles. The number of rotatable bonds is 7. The maximum absolute atomic E-state index is 13.7. The van der Waals surface area contributed by atoms with Gasteiger partial charge in [-0.15, -0.1) is 0 Å². The molecule has 0 radical (unpaired) electrons. The number of sulfonamides is 1. The van der Waals surface area contributed by atoms with Crippen molar-refractivity contribution in [2.24, 2.45) is 0 Å². The predicted molar refractivity (Wildman–Crippen MR) is 103 cm³/mol. The van der Waals surface area contributed by atoms with Gasteiger partial charge in [0.1, 0.15) is 5.82 Å². The van der Waals surface area contributed by atoms with Crippen LogP contribution in [0.4, 0.5) is 10.1 Å². The maximum Gasteiger partial charge on any atom is 0.261 e. The van der Waals surface area contributed by atoms with E-state index in [2.05, 4.69) is 15.0 Å². The van der Waals surface area contributed by atoms with E-state index in [1.807, 2.05) is 11.5 Å². The molecule has 1 atom stereocenters. The number of imidazole rings is 1. The van der Waals surface area contributed by atoms with Gasteiger partial charge in [0, 0.05) is 30.5 Å². The summed E-state index contributed by atoms with van der Waals surface area (Å²) in [5, 5.41) is 2.84. The number of benzene rings is 2. The summed E-state index contributed by atoms with van der Waals surface area (Å²) in [4.78, 5) is 16.2. The van der Waals surface area contributed by atoms with Gasteiger partial charge in [0.2, 0.25) is 0 Å². The first-order chi connectivity index (χ1) is 13.3. The molecule has 0 saturated heterocycles. The number of hydrogen-bond acceptors (Lipinski definition) is 4. The number of nitrogens with one attached hydrogen (secondary N) is 2. The quantitative estimate of drug-likeness (QED) is 0.635. The normalized spacial score (nSPS) is 12.4. The molecule has 3 aromatic rings. The van der Waals surface area contributed by atoms with E-state index in [4.69, 9.17) is 0 Å². The molecule has 1 amide bonds. The lowest BCUT2D eigenvalue weighted by Gasteiger charge is -2.15.